The van der Waals surface area contributed by atoms with Gasteiger partial charge in [-0.15, -0.1) is 11.8 Å². The summed E-state index contributed by atoms with van der Waals surface area (Å²) in [7, 11) is 0. The molecule has 1 N–H and O–H groups in total. The number of pyridine rings is 1. The summed E-state index contributed by atoms with van der Waals surface area (Å²) in [6, 6.07) is 1.66. The number of hydrogen-bond donors (Lipinski definition) is 1. The molecule has 0 aromatic carbocycles. The lowest BCUT2D eigenvalue weighted by Gasteiger charge is -2.00. The summed E-state index contributed by atoms with van der Waals surface area (Å²) in [5.74, 6) is 0.0942. The van der Waals surface area contributed by atoms with Gasteiger partial charge in [0.05, 0.1) is 5.56 Å². The molecule has 1 aromatic heterocycles. The number of rotatable bonds is 5. The smallest absolute Gasteiger partial charge is 0.337 e. The van der Waals surface area contributed by atoms with Crippen LogP contribution in [0.4, 0.5) is 0 Å². The average Bonchev–Trinajstić information content (AvgIpc) is 2.19. The highest BCUT2D eigenvalue weighted by molar-refractivity contribution is 7.99. The van der Waals surface area contributed by atoms with Crippen molar-refractivity contribution in [2.45, 2.75) is 24.7 Å². The van der Waals surface area contributed by atoms with Gasteiger partial charge < -0.3 is 5.11 Å². The van der Waals surface area contributed by atoms with Gasteiger partial charge in [-0.05, 0) is 18.2 Å². The molecule has 0 aliphatic rings. The third-order valence-corrected chi connectivity index (χ3v) is 2.78. The van der Waals surface area contributed by atoms with Crippen LogP contribution in [0, 0.1) is 0 Å². The minimum Gasteiger partial charge on any atom is -0.478 e. The van der Waals surface area contributed by atoms with Gasteiger partial charge in [-0.25, -0.2) is 4.79 Å². The fraction of sp³-hybridized carbons (Fsp3) is 0.400. The molecule has 1 aromatic rings. The largest absolute Gasteiger partial charge is 0.478 e. The van der Waals surface area contributed by atoms with E-state index in [2.05, 4.69) is 11.9 Å². The second-order valence-electron chi connectivity index (χ2n) is 2.92. The molecule has 0 aliphatic heterocycles. The minimum absolute atomic E-state index is 0.256. The van der Waals surface area contributed by atoms with Crippen LogP contribution in [0.2, 0.25) is 0 Å². The van der Waals surface area contributed by atoms with Crippen LogP contribution < -0.4 is 0 Å². The van der Waals surface area contributed by atoms with Crippen molar-refractivity contribution in [2.24, 2.45) is 0 Å². The maximum absolute atomic E-state index is 10.6. The summed E-state index contributed by atoms with van der Waals surface area (Å²) in [4.78, 5) is 15.4. The standard InChI is InChI=1S/C10H13NO2S/c1-2-3-4-14-9-5-8(10(12)13)6-11-7-9/h5-7H,2-4H2,1H3,(H,12,13). The maximum atomic E-state index is 10.6. The Kier molecular flexibility index (Phi) is 4.46. The molecule has 1 rings (SSSR count). The lowest BCUT2D eigenvalue weighted by atomic mass is 10.3. The van der Waals surface area contributed by atoms with Crippen LogP contribution in [-0.4, -0.2) is 21.8 Å². The molecule has 0 unspecified atom stereocenters. The number of carboxylic acids is 1. The normalized spacial score (nSPS) is 10.1. The van der Waals surface area contributed by atoms with E-state index in [9.17, 15) is 4.79 Å². The molecule has 0 bridgehead atoms. The molecule has 0 fully saturated rings. The second-order valence-corrected chi connectivity index (χ2v) is 4.08. The van der Waals surface area contributed by atoms with Gasteiger partial charge in [0.25, 0.3) is 0 Å². The molecular weight excluding hydrogens is 198 g/mol. The van der Waals surface area contributed by atoms with Crippen molar-refractivity contribution in [3.8, 4) is 0 Å². The highest BCUT2D eigenvalue weighted by Gasteiger charge is 2.03. The van der Waals surface area contributed by atoms with Crippen molar-refractivity contribution in [3.05, 3.63) is 24.0 Å². The van der Waals surface area contributed by atoms with Crippen LogP contribution in [0.25, 0.3) is 0 Å². The Morgan fingerprint density at radius 1 is 1.57 bits per heavy atom. The van der Waals surface area contributed by atoms with Crippen molar-refractivity contribution in [3.63, 3.8) is 0 Å². The zero-order valence-electron chi connectivity index (χ0n) is 8.06. The number of carboxylic acid groups (broad SMARTS) is 1. The van der Waals surface area contributed by atoms with Crippen molar-refractivity contribution in [1.29, 1.82) is 0 Å². The van der Waals surface area contributed by atoms with Crippen LogP contribution in [0.5, 0.6) is 0 Å². The number of thioether (sulfide) groups is 1. The Labute approximate surface area is 87.6 Å². The third kappa shape index (κ3) is 3.38. The number of hydrogen-bond acceptors (Lipinski definition) is 3. The van der Waals surface area contributed by atoms with Crippen molar-refractivity contribution in [2.75, 3.05) is 5.75 Å². The SMILES string of the molecule is CCCCSc1cncc(C(=O)O)c1. The lowest BCUT2D eigenvalue weighted by Crippen LogP contribution is -1.96. The Morgan fingerprint density at radius 3 is 3.00 bits per heavy atom. The number of aromatic nitrogens is 1. The number of nitrogens with zero attached hydrogens (tertiary/aromatic N) is 1. The van der Waals surface area contributed by atoms with Crippen LogP contribution in [0.15, 0.2) is 23.4 Å². The summed E-state index contributed by atoms with van der Waals surface area (Å²) in [5, 5.41) is 8.73. The predicted octanol–water partition coefficient (Wildman–Crippen LogP) is 2.67. The van der Waals surface area contributed by atoms with Crippen LogP contribution in [-0.2, 0) is 0 Å². The summed E-state index contributed by atoms with van der Waals surface area (Å²) in [6.45, 7) is 2.13. The van der Waals surface area contributed by atoms with Crippen LogP contribution in [0.1, 0.15) is 30.1 Å². The van der Waals surface area contributed by atoms with Gasteiger partial charge in [0.15, 0.2) is 0 Å². The van der Waals surface area contributed by atoms with Gasteiger partial charge in [-0.2, -0.15) is 0 Å². The molecule has 1 heterocycles. The van der Waals surface area contributed by atoms with E-state index < -0.39 is 5.97 Å². The number of unbranched alkanes of at least 4 members (excludes halogenated alkanes) is 1. The van der Waals surface area contributed by atoms with Crippen molar-refractivity contribution in [1.82, 2.24) is 4.98 Å². The first-order valence-corrected chi connectivity index (χ1v) is 5.53. The molecule has 0 aliphatic carbocycles. The Morgan fingerprint density at radius 2 is 2.36 bits per heavy atom. The van der Waals surface area contributed by atoms with Gasteiger partial charge in [-0.3, -0.25) is 4.98 Å². The monoisotopic (exact) mass is 211 g/mol. The molecule has 14 heavy (non-hydrogen) atoms. The van der Waals surface area contributed by atoms with Gasteiger partial charge in [0.1, 0.15) is 0 Å². The topological polar surface area (TPSA) is 50.2 Å². The molecule has 0 spiro atoms. The summed E-state index contributed by atoms with van der Waals surface area (Å²) in [6.07, 6.45) is 5.36. The van der Waals surface area contributed by atoms with E-state index >= 15 is 0 Å². The Bertz CT molecular complexity index is 315. The number of carbonyl (C=O) groups is 1. The van der Waals surface area contributed by atoms with Gasteiger partial charge in [0, 0.05) is 17.3 Å². The maximum Gasteiger partial charge on any atom is 0.337 e. The van der Waals surface area contributed by atoms with Crippen molar-refractivity contribution < 1.29 is 9.90 Å². The fourth-order valence-electron chi connectivity index (χ4n) is 0.949. The molecule has 3 nitrogen and oxygen atoms in total. The van der Waals surface area contributed by atoms with E-state index in [1.54, 1.807) is 24.0 Å². The first kappa shape index (κ1) is 11.0. The van der Waals surface area contributed by atoms with E-state index in [-0.39, 0.29) is 5.56 Å². The molecule has 0 saturated carbocycles. The number of aromatic carboxylic acids is 1. The fourth-order valence-corrected chi connectivity index (χ4v) is 1.96. The Hall–Kier alpha value is -1.03. The van der Waals surface area contributed by atoms with E-state index in [0.29, 0.717) is 0 Å². The lowest BCUT2D eigenvalue weighted by molar-refractivity contribution is 0.0696. The molecule has 0 amide bonds. The van der Waals surface area contributed by atoms with Crippen molar-refractivity contribution >= 4 is 17.7 Å². The zero-order chi connectivity index (χ0) is 10.4. The predicted molar refractivity (Wildman–Crippen MR) is 56.8 cm³/mol. The van der Waals surface area contributed by atoms with Gasteiger partial charge in [-0.1, -0.05) is 13.3 Å². The van der Waals surface area contributed by atoms with Gasteiger partial charge in [0.2, 0.25) is 0 Å². The first-order chi connectivity index (χ1) is 6.74. The average molecular weight is 211 g/mol. The Balaban J connectivity index is 2.59. The summed E-state index contributed by atoms with van der Waals surface area (Å²) in [5.41, 5.74) is 0.256. The summed E-state index contributed by atoms with van der Waals surface area (Å²) < 4.78 is 0. The molecule has 4 heteroatoms. The molecule has 0 radical (unpaired) electrons. The molecule has 0 saturated heterocycles. The van der Waals surface area contributed by atoms with E-state index in [4.69, 9.17) is 5.11 Å². The molecule has 76 valence electrons. The molecular formula is C10H13NO2S. The summed E-state index contributed by atoms with van der Waals surface area (Å²) >= 11 is 1.65. The quantitative estimate of drug-likeness (QED) is 0.601. The highest BCUT2D eigenvalue weighted by atomic mass is 32.2. The second kappa shape index (κ2) is 5.65. The minimum atomic E-state index is -0.921. The first-order valence-electron chi connectivity index (χ1n) is 4.55. The highest BCUT2D eigenvalue weighted by Crippen LogP contribution is 2.19. The van der Waals surface area contributed by atoms with Crippen LogP contribution in [0.3, 0.4) is 0 Å². The van der Waals surface area contributed by atoms with E-state index in [0.717, 1.165) is 23.5 Å². The van der Waals surface area contributed by atoms with Crippen LogP contribution >= 0.6 is 11.8 Å². The van der Waals surface area contributed by atoms with Gasteiger partial charge >= 0.3 is 5.97 Å². The van der Waals surface area contributed by atoms with E-state index in [1.807, 2.05) is 0 Å². The van der Waals surface area contributed by atoms with E-state index in [1.165, 1.54) is 6.20 Å². The zero-order valence-corrected chi connectivity index (χ0v) is 8.88. The third-order valence-electron chi connectivity index (χ3n) is 1.73. The molecule has 0 atom stereocenters.